The standard InChI is InChI=1S/C24H24N4O5S.C2HF3O2/c1-13-12-34-23-18(22(31)28(23)19(13)24(32)33)27-21(30)17(15-10-6-3-7-11-15)26-20(29)16(25)14-8-4-2-5-9-14;3-2(4,5)1(6)7/h2-11,16-18,23H,12,25H2,1H3,(H,26,29)(H,27,30)(H,32,33);(H,6,7)/t16-,17-,18-,23+;/m1./s1. The van der Waals surface area contributed by atoms with Gasteiger partial charge in [0, 0.05) is 11.3 Å². The number of carboxylic acids is 2. The van der Waals surface area contributed by atoms with Gasteiger partial charge in [-0.3, -0.25) is 19.3 Å². The average Bonchev–Trinajstić information content (AvgIpc) is 2.94. The Morgan fingerprint density at radius 2 is 1.54 bits per heavy atom. The van der Waals surface area contributed by atoms with Gasteiger partial charge in [0.25, 0.3) is 11.8 Å². The topological polar surface area (TPSA) is 184 Å². The number of β-lactam (4-membered cyclic amide) rings is 1. The number of alkyl halides is 3. The van der Waals surface area contributed by atoms with Crippen LogP contribution < -0.4 is 21.5 Å². The number of hydrogen-bond donors (Lipinski definition) is 4. The van der Waals surface area contributed by atoms with E-state index in [4.69, 9.17) is 9.90 Å². The van der Waals surface area contributed by atoms with Crippen molar-refractivity contribution in [1.82, 2.24) is 15.5 Å². The number of nitrogens with zero attached hydrogens (tertiary/aromatic N) is 1. The minimum Gasteiger partial charge on any atom is -0.542 e. The van der Waals surface area contributed by atoms with E-state index in [0.29, 0.717) is 22.5 Å². The van der Waals surface area contributed by atoms with Crippen molar-refractivity contribution in [3.05, 3.63) is 83.1 Å². The van der Waals surface area contributed by atoms with Crippen LogP contribution in [0.25, 0.3) is 0 Å². The van der Waals surface area contributed by atoms with Crippen molar-refractivity contribution < 1.29 is 53.1 Å². The van der Waals surface area contributed by atoms with Gasteiger partial charge in [-0.1, -0.05) is 60.7 Å². The second-order valence-electron chi connectivity index (χ2n) is 8.93. The van der Waals surface area contributed by atoms with E-state index in [1.54, 1.807) is 61.5 Å². The fourth-order valence-corrected chi connectivity index (χ4v) is 5.33. The molecule has 2 heterocycles. The number of benzene rings is 2. The van der Waals surface area contributed by atoms with Crippen molar-refractivity contribution in [2.24, 2.45) is 0 Å². The van der Waals surface area contributed by atoms with Gasteiger partial charge >= 0.3 is 12.1 Å². The summed E-state index contributed by atoms with van der Waals surface area (Å²) >= 11 is 1.39. The first-order valence-corrected chi connectivity index (χ1v) is 13.0. The van der Waals surface area contributed by atoms with Crippen LogP contribution in [0, 0.1) is 0 Å². The lowest BCUT2D eigenvalue weighted by atomic mass is 10.0. The van der Waals surface area contributed by atoms with Crippen LogP contribution in [-0.2, 0) is 24.0 Å². The van der Waals surface area contributed by atoms with Crippen molar-refractivity contribution >= 4 is 41.4 Å². The molecule has 1 saturated heterocycles. The molecule has 0 spiro atoms. The molecule has 0 radical (unpaired) electrons. The Hall–Kier alpha value is -4.37. The van der Waals surface area contributed by atoms with Crippen molar-refractivity contribution in [2.45, 2.75) is 36.6 Å². The van der Waals surface area contributed by atoms with E-state index < -0.39 is 59.3 Å². The number of thioether (sulfide) groups is 1. The molecule has 4 rings (SSSR count). The molecule has 3 amide bonds. The van der Waals surface area contributed by atoms with E-state index in [1.807, 2.05) is 6.07 Å². The van der Waals surface area contributed by atoms with Crippen LogP contribution in [-0.4, -0.2) is 63.0 Å². The first kappa shape index (κ1) is 31.2. The van der Waals surface area contributed by atoms with Gasteiger partial charge in [-0.05, 0) is 18.1 Å². The van der Waals surface area contributed by atoms with Gasteiger partial charge in [-0.15, -0.1) is 11.8 Å². The fraction of sp³-hybridized carbons (Fsp3) is 0.269. The van der Waals surface area contributed by atoms with Crippen LogP contribution in [0.2, 0.25) is 0 Å². The predicted molar refractivity (Wildman–Crippen MR) is 136 cm³/mol. The number of nitrogens with one attached hydrogen (secondary N) is 2. The molecule has 15 heteroatoms. The Labute approximate surface area is 235 Å². The van der Waals surface area contributed by atoms with E-state index in [1.165, 1.54) is 16.7 Å². The molecule has 0 unspecified atom stereocenters. The molecule has 0 aromatic heterocycles. The predicted octanol–water partition coefficient (Wildman–Crippen LogP) is -0.116. The minimum absolute atomic E-state index is 0.0325. The molecule has 2 aromatic carbocycles. The number of aliphatic carboxylic acids is 2. The SMILES string of the molecule is CC1=C(C(=O)O)N2C(=O)[C@@H](NC(=O)[C@H](NC(=O)[C@H]([NH3+])c3ccccc3)c3ccccc3)[C@@H]2SC1.O=C([O-])C(F)(F)F. The number of halogens is 3. The van der Waals surface area contributed by atoms with E-state index >= 15 is 0 Å². The second-order valence-corrected chi connectivity index (χ2v) is 10.0. The Kier molecular flexibility index (Phi) is 9.78. The highest BCUT2D eigenvalue weighted by Crippen LogP contribution is 2.40. The molecule has 0 saturated carbocycles. The monoisotopic (exact) mass is 594 g/mol. The minimum atomic E-state index is -5.19. The number of quaternary nitrogens is 1. The third-order valence-corrected chi connectivity index (χ3v) is 7.51. The lowest BCUT2D eigenvalue weighted by Gasteiger charge is -2.49. The quantitative estimate of drug-likeness (QED) is 0.320. The lowest BCUT2D eigenvalue weighted by Crippen LogP contribution is -2.71. The van der Waals surface area contributed by atoms with E-state index in [2.05, 4.69) is 16.4 Å². The van der Waals surface area contributed by atoms with Gasteiger partial charge in [-0.25, -0.2) is 4.79 Å². The summed E-state index contributed by atoms with van der Waals surface area (Å²) in [5.41, 5.74) is 5.76. The fourth-order valence-electron chi connectivity index (χ4n) is 4.04. The lowest BCUT2D eigenvalue weighted by molar-refractivity contribution is -0.409. The van der Waals surface area contributed by atoms with Gasteiger partial charge in [0.15, 0.2) is 6.04 Å². The average molecular weight is 595 g/mol. The van der Waals surface area contributed by atoms with Gasteiger partial charge < -0.3 is 31.4 Å². The molecular formula is C26H25F3N4O7S. The summed E-state index contributed by atoms with van der Waals surface area (Å²) in [5.74, 6) is -5.20. The largest absolute Gasteiger partial charge is 0.542 e. The van der Waals surface area contributed by atoms with Crippen LogP contribution in [0.1, 0.15) is 30.1 Å². The Balaban J connectivity index is 0.000000587. The van der Waals surface area contributed by atoms with Crippen LogP contribution in [0.15, 0.2) is 71.9 Å². The van der Waals surface area contributed by atoms with Gasteiger partial charge in [-0.2, -0.15) is 13.2 Å². The second kappa shape index (κ2) is 12.9. The third-order valence-electron chi connectivity index (χ3n) is 6.09. The summed E-state index contributed by atoms with van der Waals surface area (Å²) in [6.07, 6.45) is -5.19. The zero-order chi connectivity index (χ0) is 30.5. The van der Waals surface area contributed by atoms with Crippen LogP contribution in [0.3, 0.4) is 0 Å². The summed E-state index contributed by atoms with van der Waals surface area (Å²) in [6.45, 7) is 1.68. The summed E-state index contributed by atoms with van der Waals surface area (Å²) in [7, 11) is 0. The van der Waals surface area contributed by atoms with Crippen LogP contribution >= 0.6 is 11.8 Å². The van der Waals surface area contributed by atoms with E-state index in [0.717, 1.165) is 0 Å². The molecule has 1 fully saturated rings. The summed E-state index contributed by atoms with van der Waals surface area (Å²) in [5, 5.41) is 23.2. The summed E-state index contributed by atoms with van der Waals surface area (Å²) in [4.78, 5) is 60.6. The summed E-state index contributed by atoms with van der Waals surface area (Å²) in [6, 6.07) is 15.1. The molecule has 2 aliphatic heterocycles. The van der Waals surface area contributed by atoms with Crippen molar-refractivity contribution in [3.63, 3.8) is 0 Å². The molecule has 0 bridgehead atoms. The molecule has 41 heavy (non-hydrogen) atoms. The smallest absolute Gasteiger partial charge is 0.430 e. The number of carbonyl (C=O) groups is 5. The molecule has 2 aromatic rings. The number of carboxylic acid groups (broad SMARTS) is 2. The highest BCUT2D eigenvalue weighted by Gasteiger charge is 2.54. The van der Waals surface area contributed by atoms with Gasteiger partial charge in [0.05, 0.1) is 0 Å². The first-order valence-electron chi connectivity index (χ1n) is 11.9. The number of fused-ring (bicyclic) bond motifs is 1. The normalized spacial score (nSPS) is 19.4. The number of hydrogen-bond acceptors (Lipinski definition) is 7. The zero-order valence-electron chi connectivity index (χ0n) is 21.4. The summed E-state index contributed by atoms with van der Waals surface area (Å²) < 4.78 is 31.5. The first-order chi connectivity index (χ1) is 19.2. The molecule has 6 N–H and O–H groups in total. The Morgan fingerprint density at radius 3 is 2.02 bits per heavy atom. The van der Waals surface area contributed by atoms with Crippen molar-refractivity contribution in [3.8, 4) is 0 Å². The molecule has 218 valence electrons. The van der Waals surface area contributed by atoms with Gasteiger partial charge in [0.2, 0.25) is 5.91 Å². The van der Waals surface area contributed by atoms with Crippen molar-refractivity contribution in [1.29, 1.82) is 0 Å². The molecule has 2 aliphatic rings. The molecular weight excluding hydrogens is 569 g/mol. The van der Waals surface area contributed by atoms with E-state index in [-0.39, 0.29) is 5.70 Å². The number of carbonyl (C=O) groups excluding carboxylic acids is 4. The Morgan fingerprint density at radius 1 is 1.02 bits per heavy atom. The molecule has 4 atom stereocenters. The maximum Gasteiger partial charge on any atom is 0.430 e. The maximum atomic E-state index is 13.3. The van der Waals surface area contributed by atoms with Gasteiger partial charge in [0.1, 0.15) is 29.1 Å². The number of amides is 3. The molecule has 11 nitrogen and oxygen atoms in total. The van der Waals surface area contributed by atoms with E-state index in [9.17, 15) is 37.5 Å². The highest BCUT2D eigenvalue weighted by atomic mass is 32.2. The molecule has 0 aliphatic carbocycles. The highest BCUT2D eigenvalue weighted by molar-refractivity contribution is 8.00. The van der Waals surface area contributed by atoms with Crippen molar-refractivity contribution in [2.75, 3.05) is 5.75 Å². The Bertz CT molecular complexity index is 1360. The number of rotatable bonds is 7. The van der Waals surface area contributed by atoms with Crippen LogP contribution in [0.5, 0.6) is 0 Å². The van der Waals surface area contributed by atoms with Crippen LogP contribution in [0.4, 0.5) is 13.2 Å². The maximum absolute atomic E-state index is 13.3. The third kappa shape index (κ3) is 7.24. The zero-order valence-corrected chi connectivity index (χ0v) is 22.2.